The van der Waals surface area contributed by atoms with Gasteiger partial charge in [-0.15, -0.1) is 11.3 Å². The molecule has 7 heteroatoms. The zero-order valence-corrected chi connectivity index (χ0v) is 11.6. The van der Waals surface area contributed by atoms with Crippen molar-refractivity contribution in [2.75, 3.05) is 6.54 Å². The van der Waals surface area contributed by atoms with Crippen LogP contribution in [-0.2, 0) is 11.3 Å². The van der Waals surface area contributed by atoms with Crippen LogP contribution in [0.3, 0.4) is 0 Å². The third-order valence-electron chi connectivity index (χ3n) is 2.22. The third kappa shape index (κ3) is 4.80. The summed E-state index contributed by atoms with van der Waals surface area (Å²) in [4.78, 5) is 27.0. The van der Waals surface area contributed by atoms with Crippen LogP contribution in [0.15, 0.2) is 5.38 Å². The molecule has 1 heterocycles. The quantitative estimate of drug-likeness (QED) is 0.738. The van der Waals surface area contributed by atoms with Gasteiger partial charge in [-0.1, -0.05) is 0 Å². The van der Waals surface area contributed by atoms with Gasteiger partial charge in [-0.05, 0) is 20.8 Å². The number of hydrogen-bond acceptors (Lipinski definition) is 5. The fourth-order valence-corrected chi connectivity index (χ4v) is 1.88. The van der Waals surface area contributed by atoms with Crippen LogP contribution in [0.5, 0.6) is 0 Å². The molecule has 0 aliphatic carbocycles. The number of amides is 3. The smallest absolute Gasteiger partial charge is 0.321 e. The molecule has 0 saturated carbocycles. The van der Waals surface area contributed by atoms with E-state index in [1.54, 1.807) is 25.2 Å². The van der Waals surface area contributed by atoms with Crippen molar-refractivity contribution in [1.82, 2.24) is 20.9 Å². The topological polar surface area (TPSA) is 83.1 Å². The van der Waals surface area contributed by atoms with Crippen molar-refractivity contribution in [3.8, 4) is 0 Å². The second-order valence-electron chi connectivity index (χ2n) is 3.81. The molecule has 0 fully saturated rings. The summed E-state index contributed by atoms with van der Waals surface area (Å²) in [5.41, 5.74) is 0.898. The summed E-state index contributed by atoms with van der Waals surface area (Å²) in [7, 11) is 0. The molecule has 1 aromatic rings. The molecule has 0 aliphatic rings. The SMILES string of the molecule is CCNC(=O)NC(=O)C(C)NCc1csc(C)n1. The van der Waals surface area contributed by atoms with Gasteiger partial charge in [0.05, 0.1) is 16.7 Å². The Balaban J connectivity index is 2.33. The Morgan fingerprint density at radius 2 is 2.22 bits per heavy atom. The van der Waals surface area contributed by atoms with Crippen LogP contribution in [0.4, 0.5) is 4.79 Å². The molecule has 0 bridgehead atoms. The lowest BCUT2D eigenvalue weighted by Crippen LogP contribution is -2.47. The minimum Gasteiger partial charge on any atom is -0.338 e. The maximum Gasteiger partial charge on any atom is 0.321 e. The summed E-state index contributed by atoms with van der Waals surface area (Å²) in [6.07, 6.45) is 0. The van der Waals surface area contributed by atoms with E-state index in [1.165, 1.54) is 0 Å². The lowest BCUT2D eigenvalue weighted by Gasteiger charge is -2.12. The Morgan fingerprint density at radius 3 is 2.78 bits per heavy atom. The van der Waals surface area contributed by atoms with E-state index < -0.39 is 12.1 Å². The van der Waals surface area contributed by atoms with Crippen LogP contribution in [0.25, 0.3) is 0 Å². The number of nitrogens with one attached hydrogen (secondary N) is 3. The number of urea groups is 1. The second kappa shape index (κ2) is 7.07. The first-order valence-electron chi connectivity index (χ1n) is 5.76. The predicted molar refractivity (Wildman–Crippen MR) is 70.4 cm³/mol. The molecule has 100 valence electrons. The number of aromatic nitrogens is 1. The van der Waals surface area contributed by atoms with E-state index in [1.807, 2.05) is 12.3 Å². The number of rotatable bonds is 5. The molecule has 0 aromatic carbocycles. The molecular weight excluding hydrogens is 252 g/mol. The van der Waals surface area contributed by atoms with Crippen LogP contribution in [-0.4, -0.2) is 29.5 Å². The highest BCUT2D eigenvalue weighted by molar-refractivity contribution is 7.09. The highest BCUT2D eigenvalue weighted by Crippen LogP contribution is 2.07. The predicted octanol–water partition coefficient (Wildman–Crippen LogP) is 0.775. The average molecular weight is 270 g/mol. The third-order valence-corrected chi connectivity index (χ3v) is 3.05. The van der Waals surface area contributed by atoms with E-state index in [9.17, 15) is 9.59 Å². The zero-order chi connectivity index (χ0) is 13.5. The van der Waals surface area contributed by atoms with Crippen LogP contribution in [0.2, 0.25) is 0 Å². The number of thiazole rings is 1. The van der Waals surface area contributed by atoms with Crippen molar-refractivity contribution in [1.29, 1.82) is 0 Å². The molecule has 1 atom stereocenters. The Kier molecular flexibility index (Phi) is 5.73. The number of carbonyl (C=O) groups excluding carboxylic acids is 2. The van der Waals surface area contributed by atoms with E-state index in [-0.39, 0.29) is 5.91 Å². The molecule has 3 N–H and O–H groups in total. The monoisotopic (exact) mass is 270 g/mol. The van der Waals surface area contributed by atoms with Crippen LogP contribution < -0.4 is 16.0 Å². The van der Waals surface area contributed by atoms with Gasteiger partial charge in [0.25, 0.3) is 0 Å². The van der Waals surface area contributed by atoms with Crippen molar-refractivity contribution in [2.24, 2.45) is 0 Å². The van der Waals surface area contributed by atoms with E-state index in [4.69, 9.17) is 0 Å². The molecule has 18 heavy (non-hydrogen) atoms. The molecule has 1 unspecified atom stereocenters. The van der Waals surface area contributed by atoms with Gasteiger partial charge in [0.2, 0.25) is 5.91 Å². The first-order chi connectivity index (χ1) is 8.52. The molecule has 1 aromatic heterocycles. The van der Waals surface area contributed by atoms with E-state index in [2.05, 4.69) is 20.9 Å². The molecule has 3 amide bonds. The summed E-state index contributed by atoms with van der Waals surface area (Å²) in [6.45, 7) is 6.41. The lowest BCUT2D eigenvalue weighted by atomic mass is 10.3. The number of carbonyl (C=O) groups is 2. The Labute approximate surface area is 110 Å². The molecule has 6 nitrogen and oxygen atoms in total. The van der Waals surface area contributed by atoms with Crippen molar-refractivity contribution in [2.45, 2.75) is 33.4 Å². The molecule has 0 aliphatic heterocycles. The number of hydrogen-bond donors (Lipinski definition) is 3. The average Bonchev–Trinajstić information content (AvgIpc) is 2.72. The Morgan fingerprint density at radius 1 is 1.50 bits per heavy atom. The minimum atomic E-state index is -0.472. The van der Waals surface area contributed by atoms with Crippen molar-refractivity contribution in [3.05, 3.63) is 16.1 Å². The maximum atomic E-state index is 11.6. The lowest BCUT2D eigenvalue weighted by molar-refractivity contribution is -0.121. The van der Waals surface area contributed by atoms with Gasteiger partial charge in [0.15, 0.2) is 0 Å². The Hall–Kier alpha value is -1.47. The van der Waals surface area contributed by atoms with Gasteiger partial charge in [-0.2, -0.15) is 0 Å². The van der Waals surface area contributed by atoms with Gasteiger partial charge in [0, 0.05) is 18.5 Å². The first kappa shape index (κ1) is 14.6. The van der Waals surface area contributed by atoms with Crippen LogP contribution in [0, 0.1) is 6.92 Å². The van der Waals surface area contributed by atoms with Crippen LogP contribution in [0.1, 0.15) is 24.5 Å². The summed E-state index contributed by atoms with van der Waals surface area (Å²) in [5.74, 6) is -0.354. The summed E-state index contributed by atoms with van der Waals surface area (Å²) in [6, 6.07) is -0.921. The molecule has 1 rings (SSSR count). The van der Waals surface area contributed by atoms with Gasteiger partial charge in [-0.3, -0.25) is 10.1 Å². The second-order valence-corrected chi connectivity index (χ2v) is 4.87. The van der Waals surface area contributed by atoms with Crippen molar-refractivity contribution in [3.63, 3.8) is 0 Å². The first-order valence-corrected chi connectivity index (χ1v) is 6.64. The number of aryl methyl sites for hydroxylation is 1. The largest absolute Gasteiger partial charge is 0.338 e. The summed E-state index contributed by atoms with van der Waals surface area (Å²) < 4.78 is 0. The van der Waals surface area contributed by atoms with Crippen LogP contribution >= 0.6 is 11.3 Å². The fraction of sp³-hybridized carbons (Fsp3) is 0.545. The van der Waals surface area contributed by atoms with E-state index >= 15 is 0 Å². The summed E-state index contributed by atoms with van der Waals surface area (Å²) >= 11 is 1.57. The number of imide groups is 1. The highest BCUT2D eigenvalue weighted by Gasteiger charge is 2.15. The van der Waals surface area contributed by atoms with Gasteiger partial charge in [-0.25, -0.2) is 9.78 Å². The maximum absolute atomic E-state index is 11.6. The van der Waals surface area contributed by atoms with Crippen molar-refractivity contribution < 1.29 is 9.59 Å². The molecule has 0 saturated heterocycles. The van der Waals surface area contributed by atoms with E-state index in [0.29, 0.717) is 13.1 Å². The zero-order valence-electron chi connectivity index (χ0n) is 10.7. The van der Waals surface area contributed by atoms with E-state index in [0.717, 1.165) is 10.7 Å². The fourth-order valence-electron chi connectivity index (χ4n) is 1.26. The molecular formula is C11H18N4O2S. The Bertz CT molecular complexity index is 419. The molecule has 0 radical (unpaired) electrons. The minimum absolute atomic E-state index is 0.354. The van der Waals surface area contributed by atoms with Crippen molar-refractivity contribution >= 4 is 23.3 Å². The van der Waals surface area contributed by atoms with Gasteiger partial charge < -0.3 is 10.6 Å². The molecule has 0 spiro atoms. The summed E-state index contributed by atoms with van der Waals surface area (Å²) in [5, 5.41) is 10.7. The standard InChI is InChI=1S/C11H18N4O2S/c1-4-12-11(17)15-10(16)7(2)13-5-9-6-18-8(3)14-9/h6-7,13H,4-5H2,1-3H3,(H2,12,15,16,17). The highest BCUT2D eigenvalue weighted by atomic mass is 32.1. The van der Waals surface area contributed by atoms with Gasteiger partial charge in [0.1, 0.15) is 0 Å². The normalized spacial score (nSPS) is 11.9. The number of nitrogens with zero attached hydrogens (tertiary/aromatic N) is 1. The van der Waals surface area contributed by atoms with Gasteiger partial charge >= 0.3 is 6.03 Å².